The van der Waals surface area contributed by atoms with Crippen LogP contribution < -0.4 is 0 Å². The van der Waals surface area contributed by atoms with Crippen LogP contribution in [0.15, 0.2) is 121 Å². The van der Waals surface area contributed by atoms with Crippen LogP contribution in [0.25, 0.3) is 0 Å². The number of rotatable bonds is 14. The fourth-order valence-corrected chi connectivity index (χ4v) is 1.83. The maximum absolute atomic E-state index is 9.41. The van der Waals surface area contributed by atoms with Crippen LogP contribution >= 0.6 is 0 Å². The number of aldehydes is 1. The van der Waals surface area contributed by atoms with Crippen molar-refractivity contribution in [3.63, 3.8) is 0 Å². The van der Waals surface area contributed by atoms with Crippen LogP contribution in [0.2, 0.25) is 0 Å². The fraction of sp³-hybridized carbons (Fsp3) is 0.250. The molecule has 0 aromatic rings. The lowest BCUT2D eigenvalue weighted by atomic mass is 9.97. The third-order valence-electron chi connectivity index (χ3n) is 3.87. The quantitative estimate of drug-likeness (QED) is 0.0988. The molecule has 32 heavy (non-hydrogen) atoms. The van der Waals surface area contributed by atoms with Gasteiger partial charge in [-0.25, -0.2) is 0 Å². The van der Waals surface area contributed by atoms with Crippen LogP contribution in [0, 0.1) is 0 Å². The Morgan fingerprint density at radius 2 is 1.31 bits per heavy atom. The molecule has 0 spiro atoms. The summed E-state index contributed by atoms with van der Waals surface area (Å²) in [6.07, 6.45) is 8.01. The van der Waals surface area contributed by atoms with Crippen molar-refractivity contribution >= 4 is 6.29 Å². The van der Waals surface area contributed by atoms with Gasteiger partial charge in [-0.15, -0.1) is 0 Å². The van der Waals surface area contributed by atoms with E-state index in [9.17, 15) is 4.79 Å². The Kier molecular flexibility index (Phi) is 16.7. The highest BCUT2D eigenvalue weighted by atomic mass is 16.5. The van der Waals surface area contributed by atoms with Gasteiger partial charge in [0.2, 0.25) is 0 Å². The third kappa shape index (κ3) is 14.6. The Bertz CT molecular complexity index is 845. The Labute approximate surface area is 194 Å². The molecule has 0 rings (SSSR count). The zero-order valence-electron chi connectivity index (χ0n) is 20.4. The number of hydrogen-bond donors (Lipinski definition) is 0. The zero-order chi connectivity index (χ0) is 25.3. The highest BCUT2D eigenvalue weighted by Gasteiger charge is 2.05. The lowest BCUT2D eigenvalue weighted by Crippen LogP contribution is -2.03. The molecule has 0 fully saturated rings. The molecule has 0 aliphatic carbocycles. The first-order valence-electron chi connectivity index (χ1n) is 9.87. The molecule has 0 aliphatic rings. The van der Waals surface area contributed by atoms with E-state index in [-0.39, 0.29) is 0 Å². The smallest absolute Gasteiger partial charge is 0.145 e. The van der Waals surface area contributed by atoms with Gasteiger partial charge in [0.1, 0.15) is 24.4 Å². The van der Waals surface area contributed by atoms with Crippen molar-refractivity contribution in [1.29, 1.82) is 0 Å². The first-order valence-corrected chi connectivity index (χ1v) is 9.87. The van der Waals surface area contributed by atoms with Crippen molar-refractivity contribution in [2.45, 2.75) is 20.8 Å². The summed E-state index contributed by atoms with van der Waals surface area (Å²) in [6, 6.07) is 0. The first-order chi connectivity index (χ1) is 14.9. The summed E-state index contributed by atoms with van der Waals surface area (Å²) in [7, 11) is 3.19. The minimum atomic E-state index is 0.444. The Balaban J connectivity index is 0. The molecule has 0 heterocycles. The van der Waals surface area contributed by atoms with E-state index in [0.717, 1.165) is 39.7 Å². The van der Waals surface area contributed by atoms with E-state index in [1.807, 2.05) is 32.1 Å². The summed E-state index contributed by atoms with van der Waals surface area (Å²) in [5.74, 6) is 1.21. The van der Waals surface area contributed by atoms with Crippen molar-refractivity contribution in [2.75, 3.05) is 27.4 Å². The average Bonchev–Trinajstić information content (AvgIpc) is 2.75. The number of carbonyl (C=O) groups is 1. The van der Waals surface area contributed by atoms with Crippen molar-refractivity contribution in [2.24, 2.45) is 0 Å². The predicted molar refractivity (Wildman–Crippen MR) is 137 cm³/mol. The van der Waals surface area contributed by atoms with E-state index >= 15 is 0 Å². The third-order valence-corrected chi connectivity index (χ3v) is 3.87. The number of carbonyl (C=O) groups excluding carboxylic acids is 1. The van der Waals surface area contributed by atoms with Crippen LogP contribution in [0.3, 0.4) is 0 Å². The van der Waals surface area contributed by atoms with Crippen molar-refractivity contribution < 1.29 is 19.0 Å². The van der Waals surface area contributed by atoms with Gasteiger partial charge in [0.25, 0.3) is 0 Å². The van der Waals surface area contributed by atoms with E-state index < -0.39 is 0 Å². The number of allylic oxidation sites excluding steroid dienone is 11. The SMILES string of the molecule is C=C(/C=C\C(=C)C(=C)/C(C)=C\C(=C)C(=C)/C=C(/OCCOC)C(=C)C)OC.C=C(C)C=O. The summed E-state index contributed by atoms with van der Waals surface area (Å²) < 4.78 is 15.7. The zero-order valence-corrected chi connectivity index (χ0v) is 20.4. The first kappa shape index (κ1) is 30.8. The molecule has 0 atom stereocenters. The molecule has 0 unspecified atom stereocenters. The van der Waals surface area contributed by atoms with Crippen LogP contribution in [-0.4, -0.2) is 33.7 Å². The average molecular weight is 439 g/mol. The van der Waals surface area contributed by atoms with Crippen LogP contribution in [0.1, 0.15) is 20.8 Å². The van der Waals surface area contributed by atoms with E-state index in [0.29, 0.717) is 30.3 Å². The maximum atomic E-state index is 9.41. The van der Waals surface area contributed by atoms with Gasteiger partial charge >= 0.3 is 0 Å². The largest absolute Gasteiger partial charge is 0.497 e. The molecule has 0 amide bonds. The van der Waals surface area contributed by atoms with E-state index in [4.69, 9.17) is 14.2 Å². The Morgan fingerprint density at radius 1 is 0.781 bits per heavy atom. The Hall–Kier alpha value is -3.37. The summed E-state index contributed by atoms with van der Waals surface area (Å²) in [5.41, 5.74) is 5.36. The summed E-state index contributed by atoms with van der Waals surface area (Å²) in [4.78, 5) is 9.41. The van der Waals surface area contributed by atoms with Gasteiger partial charge in [0.05, 0.1) is 13.7 Å². The van der Waals surface area contributed by atoms with Crippen molar-refractivity contribution in [1.82, 2.24) is 0 Å². The molecule has 0 aliphatic heterocycles. The summed E-state index contributed by atoms with van der Waals surface area (Å²) >= 11 is 0. The highest BCUT2D eigenvalue weighted by molar-refractivity contribution is 5.70. The minimum Gasteiger partial charge on any atom is -0.497 e. The second-order valence-corrected chi connectivity index (χ2v) is 6.98. The molecule has 174 valence electrons. The molecule has 0 aromatic heterocycles. The Morgan fingerprint density at radius 3 is 1.75 bits per heavy atom. The number of methoxy groups -OCH3 is 2. The van der Waals surface area contributed by atoms with Crippen LogP contribution in [0.5, 0.6) is 0 Å². The van der Waals surface area contributed by atoms with Crippen molar-refractivity contribution in [3.8, 4) is 0 Å². The molecule has 0 aromatic carbocycles. The van der Waals surface area contributed by atoms with Gasteiger partial charge in [-0.05, 0) is 71.9 Å². The second-order valence-electron chi connectivity index (χ2n) is 6.98. The monoisotopic (exact) mass is 438 g/mol. The van der Waals surface area contributed by atoms with E-state index in [1.54, 1.807) is 27.2 Å². The lowest BCUT2D eigenvalue weighted by molar-refractivity contribution is -0.104. The van der Waals surface area contributed by atoms with Crippen LogP contribution in [-0.2, 0) is 19.0 Å². The summed E-state index contributed by atoms with van der Waals surface area (Å²) in [6.45, 7) is 33.6. The molecule has 0 saturated carbocycles. The number of ether oxygens (including phenoxy) is 3. The van der Waals surface area contributed by atoms with Crippen LogP contribution in [0.4, 0.5) is 0 Å². The van der Waals surface area contributed by atoms with Gasteiger partial charge in [0, 0.05) is 7.11 Å². The van der Waals surface area contributed by atoms with Gasteiger partial charge in [-0.3, -0.25) is 4.79 Å². The molecular formula is C28H38O4. The fourth-order valence-electron chi connectivity index (χ4n) is 1.83. The van der Waals surface area contributed by atoms with E-state index in [2.05, 4.69) is 46.1 Å². The summed E-state index contributed by atoms with van der Waals surface area (Å²) in [5, 5.41) is 0. The van der Waals surface area contributed by atoms with Crippen molar-refractivity contribution in [3.05, 3.63) is 121 Å². The van der Waals surface area contributed by atoms with Gasteiger partial charge in [-0.1, -0.05) is 58.2 Å². The topological polar surface area (TPSA) is 44.8 Å². The maximum Gasteiger partial charge on any atom is 0.145 e. The molecular weight excluding hydrogens is 400 g/mol. The second kappa shape index (κ2) is 17.3. The van der Waals surface area contributed by atoms with Gasteiger partial charge in [0.15, 0.2) is 0 Å². The molecule has 0 radical (unpaired) electrons. The lowest BCUT2D eigenvalue weighted by Gasteiger charge is -2.12. The molecule has 0 saturated heterocycles. The molecule has 4 nitrogen and oxygen atoms in total. The predicted octanol–water partition coefficient (Wildman–Crippen LogP) is 6.76. The standard InChI is InChI=1S/C24H32O3.C4H6O/c1-17(2)24(27-14-13-25-9)16-20(5)19(4)15-21(6)23(8)18(3)11-12-22(7)26-10;1-4(2)3-5/h11-12,15-16H,1,3-5,7-8,13-14H2,2,6,9-10H3;3H,1H2,2H3/b12-11-,21-15-,24-16+;. The minimum absolute atomic E-state index is 0.444. The van der Waals surface area contributed by atoms with Gasteiger partial charge < -0.3 is 14.2 Å². The molecule has 0 N–H and O–H groups in total. The van der Waals surface area contributed by atoms with E-state index in [1.165, 1.54) is 0 Å². The number of hydrogen-bond acceptors (Lipinski definition) is 4. The molecule has 4 heteroatoms. The normalized spacial score (nSPS) is 11.0. The van der Waals surface area contributed by atoms with Gasteiger partial charge in [-0.2, -0.15) is 0 Å². The highest BCUT2D eigenvalue weighted by Crippen LogP contribution is 2.22. The molecule has 0 bridgehead atoms.